The molecule has 1 amide bonds. The van der Waals surface area contributed by atoms with Crippen LogP contribution in [0.5, 0.6) is 0 Å². The first-order valence-corrected chi connectivity index (χ1v) is 10.7. The van der Waals surface area contributed by atoms with E-state index in [2.05, 4.69) is 15.5 Å². The largest absolute Gasteiger partial charge is 0.416 e. The van der Waals surface area contributed by atoms with Crippen LogP contribution in [0.1, 0.15) is 15.9 Å². The maximum Gasteiger partial charge on any atom is 0.416 e. The standard InChI is InChI=1S/C20H18F3N5O3S/c1-27-8-13(7-24-27)28-19(31)14(18(30)25-16-9-32-10-17(16)29)6-15(26-28)11-2-4-12(5-3-11)20(21,22)23/h2-8,16-17,29H,9-10H2,1H3,(H,25,30)/t16-,17+/m1/s1. The molecule has 4 rings (SSSR count). The zero-order valence-corrected chi connectivity index (χ0v) is 17.5. The first kappa shape index (κ1) is 22.1. The molecule has 0 aliphatic carbocycles. The molecule has 32 heavy (non-hydrogen) atoms. The maximum absolute atomic E-state index is 13.0. The molecule has 2 N–H and O–H groups in total. The number of halogens is 3. The van der Waals surface area contributed by atoms with Gasteiger partial charge in [-0.3, -0.25) is 14.3 Å². The van der Waals surface area contributed by atoms with Crippen LogP contribution in [-0.2, 0) is 13.2 Å². The number of hydrogen-bond donors (Lipinski definition) is 2. The zero-order chi connectivity index (χ0) is 23.0. The summed E-state index contributed by atoms with van der Waals surface area (Å²) in [4.78, 5) is 25.9. The molecule has 3 heterocycles. The fourth-order valence-corrected chi connectivity index (χ4v) is 4.42. The Labute approximate surface area is 184 Å². The summed E-state index contributed by atoms with van der Waals surface area (Å²) in [6.07, 6.45) is -2.33. The maximum atomic E-state index is 13.0. The molecule has 1 aliphatic rings. The molecule has 0 spiro atoms. The summed E-state index contributed by atoms with van der Waals surface area (Å²) in [7, 11) is 1.64. The lowest BCUT2D eigenvalue weighted by Gasteiger charge is -2.16. The van der Waals surface area contributed by atoms with Gasteiger partial charge in [-0.1, -0.05) is 12.1 Å². The second-order valence-corrected chi connectivity index (χ2v) is 8.37. The monoisotopic (exact) mass is 465 g/mol. The van der Waals surface area contributed by atoms with Crippen LogP contribution in [0.4, 0.5) is 13.2 Å². The van der Waals surface area contributed by atoms with Crippen molar-refractivity contribution in [1.82, 2.24) is 24.9 Å². The molecule has 0 unspecified atom stereocenters. The van der Waals surface area contributed by atoms with Gasteiger partial charge in [0.05, 0.1) is 35.8 Å². The molecule has 2 aromatic heterocycles. The number of aliphatic hydroxyl groups excluding tert-OH is 1. The van der Waals surface area contributed by atoms with E-state index in [1.54, 1.807) is 7.05 Å². The zero-order valence-electron chi connectivity index (χ0n) is 16.7. The van der Waals surface area contributed by atoms with Crippen molar-refractivity contribution >= 4 is 17.7 Å². The number of aryl methyl sites for hydroxylation is 1. The quantitative estimate of drug-likeness (QED) is 0.610. The lowest BCUT2D eigenvalue weighted by molar-refractivity contribution is -0.137. The summed E-state index contributed by atoms with van der Waals surface area (Å²) in [5.41, 5.74) is -1.08. The molecule has 0 saturated carbocycles. The Kier molecular flexibility index (Phi) is 5.82. The van der Waals surface area contributed by atoms with Gasteiger partial charge >= 0.3 is 6.18 Å². The van der Waals surface area contributed by atoms with Gasteiger partial charge in [0.15, 0.2) is 0 Å². The minimum atomic E-state index is -4.49. The van der Waals surface area contributed by atoms with Crippen LogP contribution in [-0.4, -0.2) is 54.2 Å². The molecule has 3 aromatic rings. The SMILES string of the molecule is Cn1cc(-n2nc(-c3ccc(C(F)(F)F)cc3)cc(C(=O)N[C@@H]3CSC[C@@H]3O)c2=O)cn1. The molecule has 1 aliphatic heterocycles. The topological polar surface area (TPSA) is 102 Å². The highest BCUT2D eigenvalue weighted by Gasteiger charge is 2.31. The number of aliphatic hydroxyl groups is 1. The molecular weight excluding hydrogens is 447 g/mol. The van der Waals surface area contributed by atoms with E-state index in [1.807, 2.05) is 0 Å². The molecule has 8 nitrogen and oxygen atoms in total. The minimum Gasteiger partial charge on any atom is -0.390 e. The number of alkyl halides is 3. The number of benzene rings is 1. The Morgan fingerprint density at radius 2 is 1.97 bits per heavy atom. The van der Waals surface area contributed by atoms with E-state index < -0.39 is 35.4 Å². The van der Waals surface area contributed by atoms with Crippen molar-refractivity contribution in [3.8, 4) is 16.9 Å². The van der Waals surface area contributed by atoms with Gasteiger partial charge in [-0.15, -0.1) is 0 Å². The minimum absolute atomic E-state index is 0.133. The van der Waals surface area contributed by atoms with Crippen LogP contribution in [0.25, 0.3) is 16.9 Å². The lowest BCUT2D eigenvalue weighted by Crippen LogP contribution is -2.44. The van der Waals surface area contributed by atoms with Crippen molar-refractivity contribution in [3.05, 3.63) is 64.2 Å². The van der Waals surface area contributed by atoms with Crippen molar-refractivity contribution in [2.45, 2.75) is 18.3 Å². The lowest BCUT2D eigenvalue weighted by atomic mass is 10.1. The van der Waals surface area contributed by atoms with E-state index in [-0.39, 0.29) is 16.9 Å². The van der Waals surface area contributed by atoms with Crippen molar-refractivity contribution in [2.75, 3.05) is 11.5 Å². The number of nitrogens with one attached hydrogen (secondary N) is 1. The van der Waals surface area contributed by atoms with Crippen molar-refractivity contribution < 1.29 is 23.1 Å². The van der Waals surface area contributed by atoms with Crippen molar-refractivity contribution in [2.24, 2.45) is 7.05 Å². The number of carbonyl (C=O) groups is 1. The van der Waals surface area contributed by atoms with Crippen molar-refractivity contribution in [3.63, 3.8) is 0 Å². The molecule has 1 aromatic carbocycles. The van der Waals surface area contributed by atoms with Gasteiger partial charge in [0.1, 0.15) is 11.3 Å². The Morgan fingerprint density at radius 1 is 1.25 bits per heavy atom. The molecule has 1 fully saturated rings. The number of nitrogens with zero attached hydrogens (tertiary/aromatic N) is 4. The van der Waals surface area contributed by atoms with Gasteiger partial charge in [0.25, 0.3) is 11.5 Å². The number of carbonyl (C=O) groups excluding carboxylic acids is 1. The predicted molar refractivity (Wildman–Crippen MR) is 112 cm³/mol. The molecule has 12 heteroatoms. The van der Waals surface area contributed by atoms with Crippen LogP contribution in [0, 0.1) is 0 Å². The van der Waals surface area contributed by atoms with Crippen molar-refractivity contribution in [1.29, 1.82) is 0 Å². The molecule has 0 radical (unpaired) electrons. The smallest absolute Gasteiger partial charge is 0.390 e. The highest BCUT2D eigenvalue weighted by atomic mass is 32.2. The Balaban J connectivity index is 1.79. The number of rotatable bonds is 4. The number of thioether (sulfide) groups is 1. The summed E-state index contributed by atoms with van der Waals surface area (Å²) in [6.45, 7) is 0. The highest BCUT2D eigenvalue weighted by molar-refractivity contribution is 7.99. The first-order valence-electron chi connectivity index (χ1n) is 9.51. The Hall–Kier alpha value is -3.12. The summed E-state index contributed by atoms with van der Waals surface area (Å²) in [6, 6.07) is 4.98. The van der Waals surface area contributed by atoms with E-state index in [0.717, 1.165) is 16.8 Å². The second-order valence-electron chi connectivity index (χ2n) is 7.29. The molecular formula is C20H18F3N5O3S. The highest BCUT2D eigenvalue weighted by Crippen LogP contribution is 2.30. The normalized spacial score (nSPS) is 18.7. The van der Waals surface area contributed by atoms with E-state index in [1.165, 1.54) is 47.0 Å². The van der Waals surface area contributed by atoms with Crippen LogP contribution >= 0.6 is 11.8 Å². The summed E-state index contributed by atoms with van der Waals surface area (Å²) in [5.74, 6) is 0.271. The van der Waals surface area contributed by atoms with Gasteiger partial charge in [-0.2, -0.15) is 39.8 Å². The van der Waals surface area contributed by atoms with Crippen LogP contribution in [0.15, 0.2) is 47.5 Å². The van der Waals surface area contributed by atoms with E-state index in [9.17, 15) is 27.9 Å². The Morgan fingerprint density at radius 3 is 2.53 bits per heavy atom. The summed E-state index contributed by atoms with van der Waals surface area (Å²) >= 11 is 1.47. The summed E-state index contributed by atoms with van der Waals surface area (Å²) < 4.78 is 41.2. The van der Waals surface area contributed by atoms with E-state index >= 15 is 0 Å². The molecule has 2 atom stereocenters. The molecule has 1 saturated heterocycles. The number of amides is 1. The third-order valence-corrected chi connectivity index (χ3v) is 6.14. The van der Waals surface area contributed by atoms with Gasteiger partial charge < -0.3 is 10.4 Å². The molecule has 0 bridgehead atoms. The van der Waals surface area contributed by atoms with Gasteiger partial charge in [0, 0.05) is 24.1 Å². The average Bonchev–Trinajstić information content (AvgIpc) is 3.35. The third-order valence-electron chi connectivity index (χ3n) is 4.97. The van der Waals surface area contributed by atoms with Crippen LogP contribution in [0.3, 0.4) is 0 Å². The van der Waals surface area contributed by atoms with Crippen LogP contribution in [0.2, 0.25) is 0 Å². The molecule has 168 valence electrons. The van der Waals surface area contributed by atoms with Gasteiger partial charge in [0.2, 0.25) is 0 Å². The number of hydrogen-bond acceptors (Lipinski definition) is 6. The Bertz CT molecular complexity index is 1210. The predicted octanol–water partition coefficient (Wildman–Crippen LogP) is 1.86. The van der Waals surface area contributed by atoms with E-state index in [4.69, 9.17) is 0 Å². The number of aromatic nitrogens is 4. The van der Waals surface area contributed by atoms with Crippen LogP contribution < -0.4 is 10.9 Å². The average molecular weight is 465 g/mol. The van der Waals surface area contributed by atoms with Gasteiger partial charge in [-0.25, -0.2) is 0 Å². The first-order chi connectivity index (χ1) is 15.1. The van der Waals surface area contributed by atoms with E-state index in [0.29, 0.717) is 17.1 Å². The third kappa shape index (κ3) is 4.41. The second kappa shape index (κ2) is 8.43. The van der Waals surface area contributed by atoms with Gasteiger partial charge in [-0.05, 0) is 18.2 Å². The fraction of sp³-hybridized carbons (Fsp3) is 0.300. The fourth-order valence-electron chi connectivity index (χ4n) is 3.25. The summed E-state index contributed by atoms with van der Waals surface area (Å²) in [5, 5.41) is 20.9.